The number of aromatic nitrogens is 1. The molecule has 0 N–H and O–H groups in total. The van der Waals surface area contributed by atoms with E-state index in [1.165, 1.54) is 12.1 Å². The van der Waals surface area contributed by atoms with E-state index in [9.17, 15) is 15.3 Å². The monoisotopic (exact) mass is 333 g/mol. The van der Waals surface area contributed by atoms with Crippen molar-refractivity contribution in [2.24, 2.45) is 0 Å². The number of allylic oxidation sites excluding steroid dienone is 4. The minimum atomic E-state index is -0.450. The van der Waals surface area contributed by atoms with Gasteiger partial charge in [0, 0.05) is 0 Å². The molecule has 24 heavy (non-hydrogen) atoms. The van der Waals surface area contributed by atoms with E-state index in [0.29, 0.717) is 24.6 Å². The van der Waals surface area contributed by atoms with Crippen molar-refractivity contribution in [3.05, 3.63) is 57.5 Å². The number of nitro groups is 1. The maximum Gasteiger partial charge on any atom is 0.286 e. The van der Waals surface area contributed by atoms with Crippen molar-refractivity contribution in [1.29, 1.82) is 0 Å². The standard InChI is InChI=1S/C18H27N3O3/c1-4-6-8-10-12-19(13-11-9-7-5-2)18-15-17(21(23)24)14-16(3)20(18)22/h4-7,14-15H,8-13H2,1-3H3/b6-4+,7-5+. The van der Waals surface area contributed by atoms with Gasteiger partial charge in [0.05, 0.1) is 24.1 Å². The van der Waals surface area contributed by atoms with Gasteiger partial charge in [-0.1, -0.05) is 24.3 Å². The van der Waals surface area contributed by atoms with E-state index in [2.05, 4.69) is 12.2 Å². The first-order valence-electron chi connectivity index (χ1n) is 8.37. The zero-order valence-corrected chi connectivity index (χ0v) is 14.8. The summed E-state index contributed by atoms with van der Waals surface area (Å²) in [6.07, 6.45) is 11.8. The van der Waals surface area contributed by atoms with Gasteiger partial charge in [0.1, 0.15) is 11.8 Å². The fourth-order valence-corrected chi connectivity index (χ4v) is 2.49. The predicted octanol–water partition coefficient (Wildman–Crippen LogP) is 4.06. The summed E-state index contributed by atoms with van der Waals surface area (Å²) in [5, 5.41) is 23.5. The Kier molecular flexibility index (Phi) is 8.54. The van der Waals surface area contributed by atoms with Crippen LogP contribution in [0.1, 0.15) is 45.2 Å². The van der Waals surface area contributed by atoms with Crippen molar-refractivity contribution in [3.8, 4) is 0 Å². The van der Waals surface area contributed by atoms with Gasteiger partial charge >= 0.3 is 0 Å². The van der Waals surface area contributed by atoms with Crippen molar-refractivity contribution in [2.75, 3.05) is 18.0 Å². The molecule has 0 atom stereocenters. The second-order valence-electron chi connectivity index (χ2n) is 5.67. The molecule has 0 saturated heterocycles. The van der Waals surface area contributed by atoms with E-state index in [0.717, 1.165) is 30.4 Å². The molecule has 6 nitrogen and oxygen atoms in total. The van der Waals surface area contributed by atoms with Gasteiger partial charge in [0.2, 0.25) is 0 Å². The Hall–Kier alpha value is -2.37. The molecule has 1 aromatic heterocycles. The average Bonchev–Trinajstić information content (AvgIpc) is 2.56. The molecule has 0 radical (unpaired) electrons. The molecule has 1 heterocycles. The van der Waals surface area contributed by atoms with Crippen LogP contribution in [0.2, 0.25) is 0 Å². The van der Waals surface area contributed by atoms with Gasteiger partial charge in [-0.3, -0.25) is 15.0 Å². The van der Waals surface area contributed by atoms with Crippen LogP contribution in [-0.4, -0.2) is 18.0 Å². The highest BCUT2D eigenvalue weighted by Gasteiger charge is 2.22. The minimum absolute atomic E-state index is 0.0403. The molecule has 0 bridgehead atoms. The molecule has 0 saturated carbocycles. The number of anilines is 1. The van der Waals surface area contributed by atoms with Crippen LogP contribution in [0.4, 0.5) is 11.5 Å². The molecule has 0 aliphatic heterocycles. The lowest BCUT2D eigenvalue weighted by Crippen LogP contribution is -2.41. The molecule has 0 fully saturated rings. The summed E-state index contributed by atoms with van der Waals surface area (Å²) in [5.74, 6) is 0.364. The van der Waals surface area contributed by atoms with Crippen molar-refractivity contribution < 1.29 is 9.65 Å². The highest BCUT2D eigenvalue weighted by Crippen LogP contribution is 2.20. The zero-order valence-electron chi connectivity index (χ0n) is 14.8. The highest BCUT2D eigenvalue weighted by atomic mass is 16.6. The predicted molar refractivity (Wildman–Crippen MR) is 97.1 cm³/mol. The molecule has 0 aromatic carbocycles. The molecule has 0 amide bonds. The van der Waals surface area contributed by atoms with Crippen molar-refractivity contribution in [3.63, 3.8) is 0 Å². The molecule has 6 heteroatoms. The van der Waals surface area contributed by atoms with Crippen LogP contribution in [0.3, 0.4) is 0 Å². The number of unbranched alkanes of at least 4 members (excludes halogenated alkanes) is 2. The molecule has 132 valence electrons. The number of nitrogens with zero attached hydrogens (tertiary/aromatic N) is 3. The second-order valence-corrected chi connectivity index (χ2v) is 5.67. The number of hydrogen-bond donors (Lipinski definition) is 0. The molecule has 0 unspecified atom stereocenters. The van der Waals surface area contributed by atoms with Crippen LogP contribution in [0.15, 0.2) is 36.4 Å². The van der Waals surface area contributed by atoms with E-state index in [-0.39, 0.29) is 5.69 Å². The Morgan fingerprint density at radius 1 is 1.12 bits per heavy atom. The van der Waals surface area contributed by atoms with Gasteiger partial charge in [-0.2, -0.15) is 0 Å². The van der Waals surface area contributed by atoms with Gasteiger partial charge in [-0.25, -0.2) is 4.73 Å². The first kappa shape index (κ1) is 19.7. The fraction of sp³-hybridized carbons (Fsp3) is 0.500. The van der Waals surface area contributed by atoms with E-state index in [1.54, 1.807) is 6.92 Å². The van der Waals surface area contributed by atoms with Gasteiger partial charge < -0.3 is 5.21 Å². The maximum atomic E-state index is 12.4. The van der Waals surface area contributed by atoms with E-state index >= 15 is 0 Å². The van der Waals surface area contributed by atoms with E-state index < -0.39 is 4.92 Å². The summed E-state index contributed by atoms with van der Waals surface area (Å²) < 4.78 is 0.790. The molecular weight excluding hydrogens is 306 g/mol. The van der Waals surface area contributed by atoms with Gasteiger partial charge in [0.15, 0.2) is 0 Å². The third-order valence-corrected chi connectivity index (χ3v) is 3.77. The number of aryl methyl sites for hydroxylation is 1. The summed E-state index contributed by atoms with van der Waals surface area (Å²) in [4.78, 5) is 12.6. The lowest BCUT2D eigenvalue weighted by molar-refractivity contribution is -0.600. The van der Waals surface area contributed by atoms with Gasteiger partial charge in [-0.05, 0) is 46.5 Å². The molecule has 0 spiro atoms. The molecule has 1 aromatic rings. The largest absolute Gasteiger partial charge is 0.710 e. The van der Waals surface area contributed by atoms with Crippen LogP contribution in [0.25, 0.3) is 0 Å². The summed E-state index contributed by atoms with van der Waals surface area (Å²) >= 11 is 0. The second kappa shape index (κ2) is 10.4. The molecule has 0 aliphatic carbocycles. The third kappa shape index (κ3) is 6.02. The summed E-state index contributed by atoms with van der Waals surface area (Å²) in [7, 11) is 0. The number of rotatable bonds is 10. The first-order valence-corrected chi connectivity index (χ1v) is 8.37. The number of hydrogen-bond acceptors (Lipinski definition) is 4. The lowest BCUT2D eigenvalue weighted by Gasteiger charge is -2.21. The average molecular weight is 333 g/mol. The Labute approximate surface area is 143 Å². The summed E-state index contributed by atoms with van der Waals surface area (Å²) in [6.45, 7) is 6.95. The Morgan fingerprint density at radius 2 is 1.67 bits per heavy atom. The van der Waals surface area contributed by atoms with Crippen LogP contribution in [0.5, 0.6) is 0 Å². The maximum absolute atomic E-state index is 12.4. The third-order valence-electron chi connectivity index (χ3n) is 3.77. The molecular formula is C18H27N3O3. The SMILES string of the molecule is C/C=C/CCCN(CCC/C=C/C)c1cc([N+](=O)[O-])cc(C)[n+]1[O-]. The van der Waals surface area contributed by atoms with Crippen LogP contribution in [-0.2, 0) is 0 Å². The minimum Gasteiger partial charge on any atom is -0.710 e. The zero-order chi connectivity index (χ0) is 17.9. The van der Waals surface area contributed by atoms with E-state index in [4.69, 9.17) is 0 Å². The lowest BCUT2D eigenvalue weighted by atomic mass is 10.2. The Balaban J connectivity index is 3.00. The van der Waals surface area contributed by atoms with Gasteiger partial charge in [0.25, 0.3) is 11.5 Å². The Bertz CT molecular complexity index is 579. The fourth-order valence-electron chi connectivity index (χ4n) is 2.49. The van der Waals surface area contributed by atoms with Crippen molar-refractivity contribution >= 4 is 11.5 Å². The molecule has 0 aliphatic rings. The van der Waals surface area contributed by atoms with Crippen LogP contribution >= 0.6 is 0 Å². The normalized spacial score (nSPS) is 11.5. The highest BCUT2D eigenvalue weighted by molar-refractivity contribution is 5.44. The number of pyridine rings is 1. The Morgan fingerprint density at radius 3 is 2.12 bits per heavy atom. The first-order chi connectivity index (χ1) is 11.5. The quantitative estimate of drug-likeness (QED) is 0.162. The van der Waals surface area contributed by atoms with Gasteiger partial charge in [-0.15, -0.1) is 0 Å². The van der Waals surface area contributed by atoms with Crippen molar-refractivity contribution in [1.82, 2.24) is 0 Å². The van der Waals surface area contributed by atoms with Crippen LogP contribution < -0.4 is 9.63 Å². The molecule has 1 rings (SSSR count). The smallest absolute Gasteiger partial charge is 0.286 e. The summed E-state index contributed by atoms with van der Waals surface area (Å²) in [6, 6.07) is 2.69. The van der Waals surface area contributed by atoms with Crippen LogP contribution in [0, 0.1) is 22.2 Å². The van der Waals surface area contributed by atoms with Crippen molar-refractivity contribution in [2.45, 2.75) is 46.5 Å². The topological polar surface area (TPSA) is 73.3 Å². The summed E-state index contributed by atoms with van der Waals surface area (Å²) in [5.41, 5.74) is 0.299. The van der Waals surface area contributed by atoms with E-state index in [1.807, 2.05) is 30.9 Å².